The van der Waals surface area contributed by atoms with Crippen LogP contribution in [0.4, 0.5) is 0 Å². The van der Waals surface area contributed by atoms with Gasteiger partial charge in [0.05, 0.1) is 36.4 Å². The first-order valence-electron chi connectivity index (χ1n) is 9.55. The summed E-state index contributed by atoms with van der Waals surface area (Å²) in [5.41, 5.74) is 8.00. The molecule has 0 fully saturated rings. The Morgan fingerprint density at radius 3 is 3.04 bits per heavy atom. The van der Waals surface area contributed by atoms with Gasteiger partial charge in [-0.05, 0) is 19.4 Å². The molecule has 0 atom stereocenters. The molecule has 2 N–H and O–H groups in total. The molecule has 0 aliphatic carbocycles. The van der Waals surface area contributed by atoms with E-state index in [0.29, 0.717) is 25.1 Å². The Balaban J connectivity index is 1.45. The lowest BCUT2D eigenvalue weighted by molar-refractivity contribution is 0.0954. The van der Waals surface area contributed by atoms with Crippen LogP contribution >= 0.6 is 0 Å². The van der Waals surface area contributed by atoms with Gasteiger partial charge in [0, 0.05) is 43.3 Å². The number of aryl methyl sites for hydroxylation is 3. The number of rotatable bonds is 5. The standard InChI is InChI=1S/C21H25N5O2/c1-13-4-5-15(14(2)10-13)20-16(11-23-24-20)21(27)22-8-6-18-17-12-28-9-7-19(17)26(3)25-18/h4-5,10-11H,6-9,12H2,1-3H3,(H,22,27)(H,23,24). The molecule has 146 valence electrons. The number of amides is 1. The van der Waals surface area contributed by atoms with E-state index in [0.717, 1.165) is 35.5 Å². The second-order valence-electron chi connectivity index (χ2n) is 7.28. The van der Waals surface area contributed by atoms with Gasteiger partial charge in [-0.1, -0.05) is 23.8 Å². The zero-order valence-corrected chi connectivity index (χ0v) is 16.5. The van der Waals surface area contributed by atoms with Crippen molar-refractivity contribution < 1.29 is 9.53 Å². The third-order valence-electron chi connectivity index (χ3n) is 5.27. The zero-order valence-electron chi connectivity index (χ0n) is 16.5. The number of nitrogens with one attached hydrogen (secondary N) is 2. The first-order chi connectivity index (χ1) is 13.5. The molecular weight excluding hydrogens is 354 g/mol. The van der Waals surface area contributed by atoms with Crippen molar-refractivity contribution in [1.29, 1.82) is 0 Å². The molecule has 1 amide bonds. The number of ether oxygens (including phenoxy) is 1. The predicted molar refractivity (Wildman–Crippen MR) is 106 cm³/mol. The van der Waals surface area contributed by atoms with Crippen LogP contribution in [0, 0.1) is 13.8 Å². The van der Waals surface area contributed by atoms with Crippen LogP contribution in [-0.4, -0.2) is 39.0 Å². The van der Waals surface area contributed by atoms with E-state index in [1.54, 1.807) is 6.20 Å². The molecule has 0 saturated carbocycles. The van der Waals surface area contributed by atoms with Gasteiger partial charge in [-0.2, -0.15) is 10.2 Å². The number of benzene rings is 1. The maximum atomic E-state index is 12.7. The molecule has 28 heavy (non-hydrogen) atoms. The van der Waals surface area contributed by atoms with Crippen LogP contribution in [0.3, 0.4) is 0 Å². The Morgan fingerprint density at radius 2 is 2.21 bits per heavy atom. The van der Waals surface area contributed by atoms with E-state index in [2.05, 4.69) is 33.6 Å². The van der Waals surface area contributed by atoms with Gasteiger partial charge in [0.25, 0.3) is 5.91 Å². The van der Waals surface area contributed by atoms with E-state index in [4.69, 9.17) is 4.74 Å². The number of hydrogen-bond donors (Lipinski definition) is 2. The van der Waals surface area contributed by atoms with Gasteiger partial charge in [-0.3, -0.25) is 14.6 Å². The quantitative estimate of drug-likeness (QED) is 0.713. The van der Waals surface area contributed by atoms with Crippen molar-refractivity contribution in [1.82, 2.24) is 25.3 Å². The fourth-order valence-electron chi connectivity index (χ4n) is 3.83. The lowest BCUT2D eigenvalue weighted by atomic mass is 10.0. The van der Waals surface area contributed by atoms with E-state index >= 15 is 0 Å². The van der Waals surface area contributed by atoms with Crippen LogP contribution in [-0.2, 0) is 31.2 Å². The number of fused-ring (bicyclic) bond motifs is 1. The molecule has 2 aromatic heterocycles. The van der Waals surface area contributed by atoms with Gasteiger partial charge in [-0.25, -0.2) is 0 Å². The highest BCUT2D eigenvalue weighted by atomic mass is 16.5. The van der Waals surface area contributed by atoms with Crippen molar-refractivity contribution in [2.24, 2.45) is 7.05 Å². The van der Waals surface area contributed by atoms with Gasteiger partial charge in [0.2, 0.25) is 0 Å². The molecule has 1 aliphatic rings. The topological polar surface area (TPSA) is 84.8 Å². The van der Waals surface area contributed by atoms with Gasteiger partial charge >= 0.3 is 0 Å². The van der Waals surface area contributed by atoms with E-state index in [9.17, 15) is 4.79 Å². The summed E-state index contributed by atoms with van der Waals surface area (Å²) in [6, 6.07) is 6.16. The lowest BCUT2D eigenvalue weighted by Crippen LogP contribution is -2.26. The summed E-state index contributed by atoms with van der Waals surface area (Å²) in [4.78, 5) is 12.7. The normalized spacial score (nSPS) is 13.4. The van der Waals surface area contributed by atoms with E-state index in [1.165, 1.54) is 16.8 Å². The molecule has 1 aliphatic heterocycles. The third-order valence-corrected chi connectivity index (χ3v) is 5.27. The van der Waals surface area contributed by atoms with Gasteiger partial charge < -0.3 is 10.1 Å². The highest BCUT2D eigenvalue weighted by molar-refractivity contribution is 6.00. The number of carbonyl (C=O) groups is 1. The third kappa shape index (κ3) is 3.45. The summed E-state index contributed by atoms with van der Waals surface area (Å²) < 4.78 is 7.50. The predicted octanol–water partition coefficient (Wildman–Crippen LogP) is 2.47. The minimum absolute atomic E-state index is 0.134. The Morgan fingerprint density at radius 1 is 1.36 bits per heavy atom. The summed E-state index contributed by atoms with van der Waals surface area (Å²) in [6.45, 7) is 5.95. The number of nitrogens with zero attached hydrogens (tertiary/aromatic N) is 3. The molecule has 0 spiro atoms. The molecule has 0 unspecified atom stereocenters. The van der Waals surface area contributed by atoms with Crippen molar-refractivity contribution in [3.63, 3.8) is 0 Å². The fraction of sp³-hybridized carbons (Fsp3) is 0.381. The van der Waals surface area contributed by atoms with Gasteiger partial charge in [0.1, 0.15) is 0 Å². The van der Waals surface area contributed by atoms with E-state index < -0.39 is 0 Å². The number of aromatic nitrogens is 4. The van der Waals surface area contributed by atoms with Crippen molar-refractivity contribution >= 4 is 5.91 Å². The van der Waals surface area contributed by atoms with Gasteiger partial charge in [0.15, 0.2) is 0 Å². The average Bonchev–Trinajstić information content (AvgIpc) is 3.28. The molecule has 3 heterocycles. The average molecular weight is 379 g/mol. The molecular formula is C21H25N5O2. The van der Waals surface area contributed by atoms with Crippen LogP contribution < -0.4 is 5.32 Å². The fourth-order valence-corrected chi connectivity index (χ4v) is 3.83. The van der Waals surface area contributed by atoms with Crippen LogP contribution in [0.15, 0.2) is 24.4 Å². The van der Waals surface area contributed by atoms with Crippen LogP contribution in [0.1, 0.15) is 38.4 Å². The molecule has 0 saturated heterocycles. The van der Waals surface area contributed by atoms with Crippen LogP contribution in [0.25, 0.3) is 11.3 Å². The molecule has 3 aromatic rings. The first-order valence-corrected chi connectivity index (χ1v) is 9.55. The number of hydrogen-bond acceptors (Lipinski definition) is 4. The molecule has 7 nitrogen and oxygen atoms in total. The Labute approximate surface area is 164 Å². The Kier molecular flexibility index (Phi) is 5.00. The van der Waals surface area contributed by atoms with E-state index in [-0.39, 0.29) is 5.91 Å². The molecule has 7 heteroatoms. The molecule has 1 aromatic carbocycles. The maximum absolute atomic E-state index is 12.7. The molecule has 4 rings (SSSR count). The zero-order chi connectivity index (χ0) is 19.7. The SMILES string of the molecule is Cc1ccc(-c2[nH]ncc2C(=O)NCCc2nn(C)c3c2COCC3)c(C)c1. The monoisotopic (exact) mass is 379 g/mol. The summed E-state index contributed by atoms with van der Waals surface area (Å²) in [5, 5.41) is 14.7. The Bertz CT molecular complexity index is 1020. The van der Waals surface area contributed by atoms with Gasteiger partial charge in [-0.15, -0.1) is 0 Å². The minimum atomic E-state index is -0.134. The van der Waals surface area contributed by atoms with Crippen molar-refractivity contribution in [3.8, 4) is 11.3 Å². The highest BCUT2D eigenvalue weighted by Gasteiger charge is 2.20. The second-order valence-corrected chi connectivity index (χ2v) is 7.28. The Hall–Kier alpha value is -2.93. The summed E-state index contributed by atoms with van der Waals surface area (Å²) in [5.74, 6) is -0.134. The van der Waals surface area contributed by atoms with E-state index in [1.807, 2.05) is 30.8 Å². The maximum Gasteiger partial charge on any atom is 0.255 e. The minimum Gasteiger partial charge on any atom is -0.376 e. The number of aromatic amines is 1. The lowest BCUT2D eigenvalue weighted by Gasteiger charge is -2.13. The largest absolute Gasteiger partial charge is 0.376 e. The smallest absolute Gasteiger partial charge is 0.255 e. The van der Waals surface area contributed by atoms with Crippen molar-refractivity contribution in [3.05, 3.63) is 58.0 Å². The van der Waals surface area contributed by atoms with Crippen molar-refractivity contribution in [2.45, 2.75) is 33.3 Å². The number of H-pyrrole nitrogens is 1. The summed E-state index contributed by atoms with van der Waals surface area (Å²) in [6.07, 6.45) is 3.15. The van der Waals surface area contributed by atoms with Crippen LogP contribution in [0.2, 0.25) is 0 Å². The summed E-state index contributed by atoms with van der Waals surface area (Å²) in [7, 11) is 1.97. The second kappa shape index (κ2) is 7.59. The number of carbonyl (C=O) groups excluding carboxylic acids is 1. The first kappa shape index (κ1) is 18.4. The molecule has 0 bridgehead atoms. The summed E-state index contributed by atoms with van der Waals surface area (Å²) >= 11 is 0. The molecule has 0 radical (unpaired) electrons. The highest BCUT2D eigenvalue weighted by Crippen LogP contribution is 2.25. The van der Waals surface area contributed by atoms with Crippen LogP contribution in [0.5, 0.6) is 0 Å². The van der Waals surface area contributed by atoms with Crippen molar-refractivity contribution in [2.75, 3.05) is 13.2 Å².